The third kappa shape index (κ3) is 5.13. The Kier molecular flexibility index (Phi) is 6.23. The molecule has 7 nitrogen and oxygen atoms in total. The highest BCUT2D eigenvalue weighted by molar-refractivity contribution is 6.74. The fourth-order valence-corrected chi connectivity index (χ4v) is 3.13. The second-order valence-electron chi connectivity index (χ2n) is 7.86. The van der Waals surface area contributed by atoms with E-state index in [9.17, 15) is 15.2 Å². The summed E-state index contributed by atoms with van der Waals surface area (Å²) in [5.41, 5.74) is -0.00600. The molecular weight excluding hydrogens is 354 g/mol. The van der Waals surface area contributed by atoms with Crippen LogP contribution in [0.2, 0.25) is 18.1 Å². The van der Waals surface area contributed by atoms with Crippen molar-refractivity contribution >= 4 is 14.0 Å². The molecule has 0 radical (unpaired) electrons. The van der Waals surface area contributed by atoms with Crippen LogP contribution >= 0.6 is 0 Å². The number of rotatable bonds is 6. The summed E-state index contributed by atoms with van der Waals surface area (Å²) in [4.78, 5) is 10.2. The Hall–Kier alpha value is -1.74. The zero-order chi connectivity index (χ0) is 19.5. The molecule has 8 heteroatoms. The number of nitro benzene ring substituents is 1. The Morgan fingerprint density at radius 1 is 1.23 bits per heavy atom. The number of hydrogen-bond acceptors (Lipinski definition) is 6. The molecule has 0 aliphatic carbocycles. The lowest BCUT2D eigenvalue weighted by Gasteiger charge is -2.38. The molecule has 0 unspecified atom stereocenters. The van der Waals surface area contributed by atoms with Crippen LogP contribution in [0, 0.1) is 10.1 Å². The van der Waals surface area contributed by atoms with Gasteiger partial charge in [-0.2, -0.15) is 0 Å². The van der Waals surface area contributed by atoms with Crippen LogP contribution in [0.3, 0.4) is 0 Å². The lowest BCUT2D eigenvalue weighted by Crippen LogP contribution is -2.47. The Morgan fingerprint density at radius 3 is 2.38 bits per heavy atom. The Morgan fingerprint density at radius 2 is 1.85 bits per heavy atom. The van der Waals surface area contributed by atoms with E-state index in [0.717, 1.165) is 0 Å². The first kappa shape index (κ1) is 20.6. The number of nitro groups is 1. The summed E-state index contributed by atoms with van der Waals surface area (Å²) in [7, 11) is -1.95. The van der Waals surface area contributed by atoms with E-state index in [1.54, 1.807) is 12.2 Å². The van der Waals surface area contributed by atoms with Crippen molar-refractivity contribution < 1.29 is 23.9 Å². The van der Waals surface area contributed by atoms with Gasteiger partial charge in [0.05, 0.1) is 11.5 Å². The molecule has 1 N–H and O–H groups in total. The molecule has 0 saturated heterocycles. The van der Waals surface area contributed by atoms with Gasteiger partial charge in [0.25, 0.3) is 5.69 Å². The molecule has 0 bridgehead atoms. The van der Waals surface area contributed by atoms with Crippen molar-refractivity contribution in [3.05, 3.63) is 46.5 Å². The molecule has 144 valence electrons. The molecule has 0 fully saturated rings. The summed E-state index contributed by atoms with van der Waals surface area (Å²) in [6.07, 6.45) is 1.26. The van der Waals surface area contributed by atoms with E-state index in [-0.39, 0.29) is 17.3 Å². The van der Waals surface area contributed by atoms with E-state index in [0.29, 0.717) is 5.75 Å². The SMILES string of the molecule is CC(C)(C)[Si](C)(C)OC[C@H]1O[C@H](Oc2ccc([N+](=O)[O-])cc2)C=C[C@H]1O. The molecule has 0 aromatic heterocycles. The van der Waals surface area contributed by atoms with Crippen LogP contribution in [0.5, 0.6) is 5.75 Å². The van der Waals surface area contributed by atoms with Gasteiger partial charge in [0.15, 0.2) is 8.32 Å². The molecule has 1 aliphatic heterocycles. The Balaban J connectivity index is 1.96. The van der Waals surface area contributed by atoms with Crippen LogP contribution in [0.1, 0.15) is 20.8 Å². The Bertz CT molecular complexity index is 653. The summed E-state index contributed by atoms with van der Waals surface area (Å²) in [5.74, 6) is 0.450. The number of non-ortho nitro benzene ring substituents is 1. The third-order valence-corrected chi connectivity index (χ3v) is 9.37. The molecule has 1 aromatic carbocycles. The maximum atomic E-state index is 10.7. The molecule has 3 atom stereocenters. The van der Waals surface area contributed by atoms with Gasteiger partial charge in [-0.15, -0.1) is 0 Å². The van der Waals surface area contributed by atoms with E-state index in [1.165, 1.54) is 24.3 Å². The van der Waals surface area contributed by atoms with Gasteiger partial charge in [-0.05, 0) is 36.3 Å². The molecule has 0 spiro atoms. The smallest absolute Gasteiger partial charge is 0.269 e. The van der Waals surface area contributed by atoms with Crippen LogP contribution in [0.25, 0.3) is 0 Å². The molecule has 1 aliphatic rings. The average molecular weight is 382 g/mol. The minimum Gasteiger partial charge on any atom is -0.461 e. The quantitative estimate of drug-likeness (QED) is 0.350. The first-order valence-electron chi connectivity index (χ1n) is 8.56. The second-order valence-corrected chi connectivity index (χ2v) is 12.7. The molecule has 1 heterocycles. The van der Waals surface area contributed by atoms with Crippen molar-refractivity contribution in [2.24, 2.45) is 0 Å². The van der Waals surface area contributed by atoms with Crippen molar-refractivity contribution in [1.29, 1.82) is 0 Å². The second kappa shape index (κ2) is 7.87. The number of aliphatic hydroxyl groups excluding tert-OH is 1. The van der Waals surface area contributed by atoms with Crippen molar-refractivity contribution in [3.63, 3.8) is 0 Å². The summed E-state index contributed by atoms with van der Waals surface area (Å²) in [6.45, 7) is 11.0. The number of hydrogen-bond donors (Lipinski definition) is 1. The minimum absolute atomic E-state index is 0.00600. The van der Waals surface area contributed by atoms with Crippen LogP contribution < -0.4 is 4.74 Å². The first-order valence-corrected chi connectivity index (χ1v) is 11.5. The van der Waals surface area contributed by atoms with Crippen LogP contribution in [-0.2, 0) is 9.16 Å². The van der Waals surface area contributed by atoms with Gasteiger partial charge in [-0.1, -0.05) is 26.8 Å². The maximum absolute atomic E-state index is 10.7. The highest BCUT2D eigenvalue weighted by Gasteiger charge is 2.39. The number of aliphatic hydroxyl groups is 1. The zero-order valence-corrected chi connectivity index (χ0v) is 16.8. The first-order chi connectivity index (χ1) is 12.0. The van der Waals surface area contributed by atoms with Crippen LogP contribution in [0.4, 0.5) is 5.69 Å². The van der Waals surface area contributed by atoms with Gasteiger partial charge in [0.2, 0.25) is 6.29 Å². The van der Waals surface area contributed by atoms with E-state index in [4.69, 9.17) is 13.9 Å². The Labute approximate surface area is 154 Å². The fourth-order valence-electron chi connectivity index (χ4n) is 2.12. The van der Waals surface area contributed by atoms with Crippen molar-refractivity contribution in [1.82, 2.24) is 0 Å². The normalized spacial score (nSPS) is 23.7. The fraction of sp³-hybridized carbons (Fsp3) is 0.556. The van der Waals surface area contributed by atoms with Crippen LogP contribution in [-0.4, -0.2) is 43.5 Å². The van der Waals surface area contributed by atoms with Gasteiger partial charge < -0.3 is 19.0 Å². The van der Waals surface area contributed by atoms with Gasteiger partial charge >= 0.3 is 0 Å². The zero-order valence-electron chi connectivity index (χ0n) is 15.8. The highest BCUT2D eigenvalue weighted by Crippen LogP contribution is 2.37. The minimum atomic E-state index is -1.95. The maximum Gasteiger partial charge on any atom is 0.269 e. The van der Waals surface area contributed by atoms with E-state index in [1.807, 2.05) is 0 Å². The molecule has 2 rings (SSSR count). The van der Waals surface area contributed by atoms with Gasteiger partial charge in [0.1, 0.15) is 18.0 Å². The molecular formula is C18H27NO6Si. The van der Waals surface area contributed by atoms with Crippen molar-refractivity contribution in [2.75, 3.05) is 6.61 Å². The number of nitrogens with zero attached hydrogens (tertiary/aromatic N) is 1. The van der Waals surface area contributed by atoms with Crippen molar-refractivity contribution in [3.8, 4) is 5.75 Å². The van der Waals surface area contributed by atoms with E-state index >= 15 is 0 Å². The summed E-state index contributed by atoms with van der Waals surface area (Å²) in [5, 5.41) is 20.9. The average Bonchev–Trinajstić information content (AvgIpc) is 2.55. The van der Waals surface area contributed by atoms with E-state index < -0.39 is 31.7 Å². The summed E-state index contributed by atoms with van der Waals surface area (Å²) in [6, 6.07) is 5.77. The third-order valence-electron chi connectivity index (χ3n) is 4.87. The van der Waals surface area contributed by atoms with Gasteiger partial charge in [-0.25, -0.2) is 0 Å². The lowest BCUT2D eigenvalue weighted by molar-refractivity contribution is -0.384. The monoisotopic (exact) mass is 381 g/mol. The molecule has 1 aromatic rings. The van der Waals surface area contributed by atoms with Crippen LogP contribution in [0.15, 0.2) is 36.4 Å². The van der Waals surface area contributed by atoms with Gasteiger partial charge in [-0.3, -0.25) is 10.1 Å². The molecule has 0 amide bonds. The predicted molar refractivity (Wildman–Crippen MR) is 101 cm³/mol. The van der Waals surface area contributed by atoms with E-state index in [2.05, 4.69) is 33.9 Å². The highest BCUT2D eigenvalue weighted by atomic mass is 28.4. The predicted octanol–water partition coefficient (Wildman–Crippen LogP) is 3.64. The number of ether oxygens (including phenoxy) is 2. The molecule has 26 heavy (non-hydrogen) atoms. The largest absolute Gasteiger partial charge is 0.461 e. The standard InChI is InChI=1S/C18H27NO6Si/c1-18(2,3)26(4,5)23-12-16-15(20)10-11-17(25-16)24-14-8-6-13(7-9-14)19(21)22/h6-11,15-17,20H,12H2,1-5H3/t15-,16-,17+/m1/s1. The van der Waals surface area contributed by atoms with Crippen molar-refractivity contribution in [2.45, 2.75) is 57.4 Å². The summed E-state index contributed by atoms with van der Waals surface area (Å²) < 4.78 is 17.6. The summed E-state index contributed by atoms with van der Waals surface area (Å²) >= 11 is 0. The number of benzene rings is 1. The van der Waals surface area contributed by atoms with Gasteiger partial charge in [0, 0.05) is 12.1 Å². The molecule has 0 saturated carbocycles. The lowest BCUT2D eigenvalue weighted by atomic mass is 10.1. The topological polar surface area (TPSA) is 91.1 Å².